The second kappa shape index (κ2) is 10.0. The van der Waals surface area contributed by atoms with Gasteiger partial charge >= 0.3 is 0 Å². The minimum absolute atomic E-state index is 0.209. The topological polar surface area (TPSA) is 80.6 Å². The molecular weight excluding hydrogens is 564 g/mol. The largest absolute Gasteiger partial charge is 0.339 e. The number of fused-ring (bicyclic) bond motifs is 1. The lowest BCUT2D eigenvalue weighted by molar-refractivity contribution is 0.618. The zero-order chi connectivity index (χ0) is 23.5. The molecule has 0 aliphatic carbocycles. The normalized spacial score (nSPS) is 11.1. The molecule has 0 aliphatic heterocycles. The smallest absolute Gasteiger partial charge is 0.189 e. The van der Waals surface area contributed by atoms with Crippen LogP contribution in [0, 0.1) is 5.82 Å². The fraction of sp³-hybridized carbons (Fsp3) is 0.167. The number of aromatic nitrogens is 5. The zero-order valence-corrected chi connectivity index (χ0v) is 21.3. The van der Waals surface area contributed by atoms with E-state index in [9.17, 15) is 4.39 Å². The van der Waals surface area contributed by atoms with Gasteiger partial charge in [-0.25, -0.2) is 19.3 Å². The molecule has 172 valence electrons. The Balaban J connectivity index is 1.33. The van der Waals surface area contributed by atoms with Gasteiger partial charge in [0.25, 0.3) is 0 Å². The van der Waals surface area contributed by atoms with Crippen molar-refractivity contribution in [2.45, 2.75) is 24.3 Å². The summed E-state index contributed by atoms with van der Waals surface area (Å²) in [5.41, 5.74) is 4.16. The molecule has 0 fully saturated rings. The van der Waals surface area contributed by atoms with Crippen LogP contribution in [0.2, 0.25) is 0 Å². The molecule has 2 aromatic carbocycles. The fourth-order valence-corrected chi connectivity index (χ4v) is 5.07. The molecule has 0 atom stereocenters. The molecule has 5 rings (SSSR count). The maximum Gasteiger partial charge on any atom is 0.189 e. The van der Waals surface area contributed by atoms with Crippen LogP contribution in [0.15, 0.2) is 61.2 Å². The number of imidazole rings is 1. The molecule has 10 heteroatoms. The summed E-state index contributed by atoms with van der Waals surface area (Å²) in [6.07, 6.45) is 6.23. The van der Waals surface area contributed by atoms with Gasteiger partial charge in [-0.05, 0) is 41.5 Å². The molecule has 0 unspecified atom stereocenters. The van der Waals surface area contributed by atoms with E-state index < -0.39 is 0 Å². The Hall–Kier alpha value is -3.12. The summed E-state index contributed by atoms with van der Waals surface area (Å²) in [5.74, 6) is 1.51. The lowest BCUT2D eigenvalue weighted by Gasteiger charge is -2.08. The first-order valence-electron chi connectivity index (χ1n) is 10.7. The first-order chi connectivity index (χ1) is 16.6. The van der Waals surface area contributed by atoms with E-state index >= 15 is 0 Å². The van der Waals surface area contributed by atoms with E-state index in [0.717, 1.165) is 40.0 Å². The minimum Gasteiger partial charge on any atom is -0.339 e. The van der Waals surface area contributed by atoms with Crippen molar-refractivity contribution in [3.05, 3.63) is 84.0 Å². The molecule has 0 radical (unpaired) electrons. The monoisotopic (exact) mass is 585 g/mol. The highest BCUT2D eigenvalue weighted by molar-refractivity contribution is 14.1. The van der Waals surface area contributed by atoms with Crippen molar-refractivity contribution < 1.29 is 4.39 Å². The Labute approximate surface area is 213 Å². The van der Waals surface area contributed by atoms with Crippen molar-refractivity contribution in [2.24, 2.45) is 0 Å². The van der Waals surface area contributed by atoms with Gasteiger partial charge in [0.15, 0.2) is 16.6 Å². The Kier molecular flexibility index (Phi) is 6.68. The Bertz CT molecular complexity index is 1430. The van der Waals surface area contributed by atoms with E-state index in [1.54, 1.807) is 12.1 Å². The van der Waals surface area contributed by atoms with Crippen LogP contribution < -0.4 is 10.6 Å². The number of aryl methyl sites for hydroxylation is 1. The third-order valence-electron chi connectivity index (χ3n) is 5.32. The maximum absolute atomic E-state index is 13.8. The van der Waals surface area contributed by atoms with E-state index in [2.05, 4.69) is 76.8 Å². The molecule has 7 nitrogen and oxygen atoms in total. The first-order valence-corrected chi connectivity index (χ1v) is 13.1. The number of nitrogens with zero attached hydrogens (tertiary/aromatic N) is 5. The summed E-state index contributed by atoms with van der Waals surface area (Å²) in [5, 5.41) is 7.36. The van der Waals surface area contributed by atoms with E-state index in [4.69, 9.17) is 0 Å². The van der Waals surface area contributed by atoms with Gasteiger partial charge in [-0.1, -0.05) is 53.0 Å². The molecule has 3 heterocycles. The highest BCUT2D eigenvalue weighted by Crippen LogP contribution is 2.33. The molecule has 0 aliphatic rings. The van der Waals surface area contributed by atoms with Gasteiger partial charge in [-0.2, -0.15) is 4.98 Å². The maximum atomic E-state index is 13.8. The van der Waals surface area contributed by atoms with Crippen molar-refractivity contribution in [3.8, 4) is 0 Å². The highest BCUT2D eigenvalue weighted by Gasteiger charge is 2.12. The van der Waals surface area contributed by atoms with E-state index in [1.165, 1.54) is 29.3 Å². The summed E-state index contributed by atoms with van der Waals surface area (Å²) >= 11 is 3.62. The number of benzene rings is 2. The second-order valence-corrected chi connectivity index (χ2v) is 9.37. The molecular formula is C24H21FIN7S. The van der Waals surface area contributed by atoms with Crippen LogP contribution in [-0.2, 0) is 17.4 Å². The second-order valence-electron chi connectivity index (χ2n) is 7.61. The van der Waals surface area contributed by atoms with E-state index in [0.29, 0.717) is 21.5 Å². The molecule has 0 bridgehead atoms. The zero-order valence-electron chi connectivity index (χ0n) is 18.3. The quantitative estimate of drug-likeness (QED) is 0.161. The van der Waals surface area contributed by atoms with Crippen LogP contribution in [0.25, 0.3) is 10.3 Å². The SMILES string of the molecule is CCc1nccn1Cc1ccc(Nc2nc3ncnc(Nc4ccc(F)c(CI)c4)c3s2)cc1. The summed E-state index contributed by atoms with van der Waals surface area (Å²) in [4.78, 5) is 17.7. The number of alkyl halides is 1. The molecule has 0 saturated carbocycles. The highest BCUT2D eigenvalue weighted by atomic mass is 127. The number of nitrogens with one attached hydrogen (secondary N) is 2. The average molecular weight is 585 g/mol. The van der Waals surface area contributed by atoms with Crippen molar-refractivity contribution >= 4 is 66.6 Å². The lowest BCUT2D eigenvalue weighted by atomic mass is 10.2. The van der Waals surface area contributed by atoms with Gasteiger partial charge in [-0.3, -0.25) is 0 Å². The molecule has 5 aromatic rings. The summed E-state index contributed by atoms with van der Waals surface area (Å²) in [6, 6.07) is 13.2. The van der Waals surface area contributed by atoms with Crippen molar-refractivity contribution in [2.75, 3.05) is 10.6 Å². The molecule has 0 saturated heterocycles. The van der Waals surface area contributed by atoms with Gasteiger partial charge in [0.1, 0.15) is 22.7 Å². The number of rotatable bonds is 8. The van der Waals surface area contributed by atoms with Crippen LogP contribution in [0.5, 0.6) is 0 Å². The summed E-state index contributed by atoms with van der Waals surface area (Å²) in [7, 11) is 0. The van der Waals surface area contributed by atoms with Crippen LogP contribution in [0.4, 0.5) is 26.7 Å². The van der Waals surface area contributed by atoms with Gasteiger partial charge in [-0.15, -0.1) is 0 Å². The van der Waals surface area contributed by atoms with Gasteiger partial charge < -0.3 is 15.2 Å². The van der Waals surface area contributed by atoms with Crippen LogP contribution in [0.3, 0.4) is 0 Å². The molecule has 3 aromatic heterocycles. The third kappa shape index (κ3) is 4.87. The number of thiazole rings is 1. The number of hydrogen-bond acceptors (Lipinski definition) is 7. The Morgan fingerprint density at radius 1 is 1.03 bits per heavy atom. The molecule has 34 heavy (non-hydrogen) atoms. The predicted molar refractivity (Wildman–Crippen MR) is 143 cm³/mol. The van der Waals surface area contributed by atoms with Gasteiger partial charge in [0, 0.05) is 41.2 Å². The van der Waals surface area contributed by atoms with E-state index in [-0.39, 0.29) is 5.82 Å². The standard InChI is InChI=1S/C24H21FIN7S/c1-2-20-27-9-10-33(20)13-15-3-5-17(6-4-15)31-24-32-23-21(34-24)22(28-14-29-23)30-18-7-8-19(25)16(11-18)12-26/h3-11,14H,2,12-13H2,1H3,(H2,28,29,30,31,32). The predicted octanol–water partition coefficient (Wildman–Crippen LogP) is 6.45. The van der Waals surface area contributed by atoms with E-state index in [1.807, 2.05) is 24.5 Å². The fourth-order valence-electron chi connectivity index (χ4n) is 3.60. The minimum atomic E-state index is -0.209. The number of halogens is 2. The summed E-state index contributed by atoms with van der Waals surface area (Å²) < 4.78 is 17.4. The lowest BCUT2D eigenvalue weighted by Crippen LogP contribution is -2.03. The van der Waals surface area contributed by atoms with Crippen molar-refractivity contribution in [3.63, 3.8) is 0 Å². The van der Waals surface area contributed by atoms with Gasteiger partial charge in [0.2, 0.25) is 0 Å². The van der Waals surface area contributed by atoms with Crippen molar-refractivity contribution in [1.29, 1.82) is 0 Å². The Morgan fingerprint density at radius 2 is 1.85 bits per heavy atom. The average Bonchev–Trinajstić information content (AvgIpc) is 3.48. The molecule has 0 spiro atoms. The molecule has 0 amide bonds. The first kappa shape index (κ1) is 22.7. The summed E-state index contributed by atoms with van der Waals surface area (Å²) in [6.45, 7) is 2.90. The molecule has 2 N–H and O–H groups in total. The Morgan fingerprint density at radius 3 is 2.65 bits per heavy atom. The third-order valence-corrected chi connectivity index (χ3v) is 7.11. The van der Waals surface area contributed by atoms with Gasteiger partial charge in [0.05, 0.1) is 0 Å². The number of anilines is 4. The number of hydrogen-bond donors (Lipinski definition) is 2. The van der Waals surface area contributed by atoms with Crippen LogP contribution in [-0.4, -0.2) is 24.5 Å². The van der Waals surface area contributed by atoms with Crippen LogP contribution in [0.1, 0.15) is 23.9 Å². The van der Waals surface area contributed by atoms with Crippen LogP contribution >= 0.6 is 33.9 Å². The van der Waals surface area contributed by atoms with Crippen molar-refractivity contribution in [1.82, 2.24) is 24.5 Å².